The molecule has 1 aliphatic heterocycles. The van der Waals surface area contributed by atoms with E-state index in [1.807, 2.05) is 62.7 Å². The van der Waals surface area contributed by atoms with Crippen LogP contribution in [0.15, 0.2) is 73.5 Å². The summed E-state index contributed by atoms with van der Waals surface area (Å²) in [5.41, 5.74) is 0.459. The molecule has 8 N–H and O–H groups in total. The van der Waals surface area contributed by atoms with Crippen LogP contribution in [0.3, 0.4) is 0 Å². The number of aromatic nitrogens is 1. The van der Waals surface area contributed by atoms with Crippen molar-refractivity contribution in [3.05, 3.63) is 84.6 Å². The van der Waals surface area contributed by atoms with Gasteiger partial charge < -0.3 is 51.2 Å². The van der Waals surface area contributed by atoms with Gasteiger partial charge in [-0.1, -0.05) is 88.9 Å². The molecule has 4 rings (SSSR count). The van der Waals surface area contributed by atoms with E-state index in [9.17, 15) is 54.2 Å². The lowest BCUT2D eigenvalue weighted by Gasteiger charge is -2.33. The highest BCUT2D eigenvalue weighted by Crippen LogP contribution is 2.30. The van der Waals surface area contributed by atoms with Gasteiger partial charge in [0.05, 0.1) is 17.1 Å². The Morgan fingerprint density at radius 1 is 0.747 bits per heavy atom. The molecule has 0 bridgehead atoms. The van der Waals surface area contributed by atoms with Gasteiger partial charge >= 0.3 is 5.97 Å². The number of amides is 7. The number of rotatable bonds is 16. The number of para-hydroxylation sites is 1. The summed E-state index contributed by atoms with van der Waals surface area (Å²) in [5.74, 6) is -9.46. The highest BCUT2D eigenvalue weighted by atomic mass is 16.8. The maximum absolute atomic E-state index is 15.3. The smallest absolute Gasteiger partial charge is 0.306 e. The average Bonchev–Trinajstić information content (AvgIpc) is 3.73. The van der Waals surface area contributed by atoms with Gasteiger partial charge in [-0.15, -0.1) is 11.8 Å². The van der Waals surface area contributed by atoms with Crippen molar-refractivity contribution in [3.8, 4) is 5.75 Å². The molecule has 0 aliphatic carbocycles. The Morgan fingerprint density at radius 3 is 1.88 bits per heavy atom. The molecule has 1 aliphatic rings. The number of aliphatic carboxylic acids is 1. The first-order valence-electron chi connectivity index (χ1n) is 25.2. The number of likely N-dealkylation sites (N-methyl/N-ethyl adjacent to an activating group) is 2. The van der Waals surface area contributed by atoms with Crippen molar-refractivity contribution in [1.82, 2.24) is 41.0 Å². The van der Waals surface area contributed by atoms with E-state index in [4.69, 9.17) is 0 Å². The van der Waals surface area contributed by atoms with Crippen LogP contribution in [0.25, 0.3) is 10.9 Å². The molecule has 3 aromatic rings. The molecule has 21 nitrogen and oxygen atoms in total. The van der Waals surface area contributed by atoms with Crippen molar-refractivity contribution in [1.29, 1.82) is 0 Å². The number of anilines is 1. The van der Waals surface area contributed by atoms with Crippen molar-refractivity contribution < 1.29 is 59.0 Å². The zero-order valence-electron chi connectivity index (χ0n) is 44.9. The van der Waals surface area contributed by atoms with Crippen molar-refractivity contribution in [2.75, 3.05) is 19.3 Å². The molecule has 2 aromatic carbocycles. The fraction of sp³-hybridized carbons (Fsp3) is 0.519. The largest absolute Gasteiger partial charge is 0.871 e. The zero-order chi connectivity index (χ0) is 56.2. The normalized spacial score (nSPS) is 22.9. The van der Waals surface area contributed by atoms with Crippen molar-refractivity contribution in [2.45, 2.75) is 149 Å². The molecule has 21 heteroatoms. The molecule has 0 spiro atoms. The molecule has 7 amide bonds. The number of carboxylic acids is 1. The summed E-state index contributed by atoms with van der Waals surface area (Å²) in [6, 6.07) is 1.10. The Bertz CT molecular complexity index is 2610. The molecule has 1 aromatic heterocycles. The van der Waals surface area contributed by atoms with Gasteiger partial charge in [-0.05, 0) is 88.5 Å². The number of carbonyl (C=O) groups is 8. The van der Waals surface area contributed by atoms with Gasteiger partial charge in [0.25, 0.3) is 0 Å². The van der Waals surface area contributed by atoms with Crippen LogP contribution >= 0.6 is 0 Å². The fourth-order valence-corrected chi connectivity index (χ4v) is 8.98. The minimum absolute atomic E-state index is 0.0446. The SMILES string of the molecule is C=CC(C)(C)n1cc(CC2NC(=O)C(CC=CC)NC(=O)C(CC(C)C)NC(=O)C(CC(C)C(=O)O)N(C)C(=O)C(C)NC(=O)C(Cc3ccc([O-])c(N(O)O)c3)NC(=O)C(CC(C)C)N(C)C2=O)c2ccccc21. The van der Waals surface area contributed by atoms with Crippen LogP contribution < -0.4 is 36.9 Å². The summed E-state index contributed by atoms with van der Waals surface area (Å²) in [6.45, 7) is 19.6. The van der Waals surface area contributed by atoms with E-state index in [2.05, 4.69) is 33.2 Å². The second kappa shape index (κ2) is 26.3. The Labute approximate surface area is 438 Å². The Morgan fingerprint density at radius 2 is 1.29 bits per heavy atom. The minimum Gasteiger partial charge on any atom is -0.871 e. The van der Waals surface area contributed by atoms with Gasteiger partial charge in [0.1, 0.15) is 42.3 Å². The lowest BCUT2D eigenvalue weighted by molar-refractivity contribution is -0.268. The van der Waals surface area contributed by atoms with Crippen LogP contribution in [-0.2, 0) is 56.7 Å². The Balaban J connectivity index is 1.98. The first kappa shape index (κ1) is 60.3. The van der Waals surface area contributed by atoms with Crippen LogP contribution in [0.5, 0.6) is 5.75 Å². The van der Waals surface area contributed by atoms with Gasteiger partial charge in [0.2, 0.25) is 41.4 Å². The second-order valence-electron chi connectivity index (χ2n) is 20.8. The van der Waals surface area contributed by atoms with Gasteiger partial charge in [0, 0.05) is 44.0 Å². The van der Waals surface area contributed by atoms with Crippen LogP contribution in [0, 0.1) is 17.8 Å². The predicted molar refractivity (Wildman–Crippen MR) is 279 cm³/mol. The summed E-state index contributed by atoms with van der Waals surface area (Å²) < 4.78 is 2.00. The molecule has 2 heterocycles. The number of benzene rings is 2. The van der Waals surface area contributed by atoms with Crippen molar-refractivity contribution in [3.63, 3.8) is 0 Å². The van der Waals surface area contributed by atoms with Crippen LogP contribution in [-0.4, -0.2) is 134 Å². The molecule has 8 atom stereocenters. The highest BCUT2D eigenvalue weighted by Gasteiger charge is 2.40. The number of carbonyl (C=O) groups excluding carboxylic acids is 7. The first-order valence-corrected chi connectivity index (χ1v) is 25.2. The Hall–Kier alpha value is -7.26. The van der Waals surface area contributed by atoms with Crippen LogP contribution in [0.2, 0.25) is 0 Å². The molecule has 8 unspecified atom stereocenters. The Kier molecular flexibility index (Phi) is 21.1. The van der Waals surface area contributed by atoms with E-state index in [1.165, 1.54) is 38.9 Å². The lowest BCUT2D eigenvalue weighted by Crippen LogP contribution is -2.60. The van der Waals surface area contributed by atoms with Crippen LogP contribution in [0.1, 0.15) is 99.1 Å². The minimum atomic E-state index is -1.57. The molecule has 0 radical (unpaired) electrons. The number of hydrogen-bond acceptors (Lipinski definition) is 12. The number of carboxylic acid groups (broad SMARTS) is 1. The number of hydrogen-bond donors (Lipinski definition) is 8. The number of fused-ring (bicyclic) bond motifs is 1. The van der Waals surface area contributed by atoms with Crippen LogP contribution in [0.4, 0.5) is 5.69 Å². The molecule has 1 saturated heterocycles. The van der Waals surface area contributed by atoms with E-state index in [0.717, 1.165) is 27.9 Å². The summed E-state index contributed by atoms with van der Waals surface area (Å²) in [4.78, 5) is 117. The van der Waals surface area contributed by atoms with E-state index in [1.54, 1.807) is 39.0 Å². The molecule has 410 valence electrons. The van der Waals surface area contributed by atoms with Gasteiger partial charge in [-0.2, -0.15) is 0 Å². The molecule has 0 saturated carbocycles. The monoisotopic (exact) mass is 1040 g/mol. The highest BCUT2D eigenvalue weighted by molar-refractivity contribution is 5.99. The fourth-order valence-electron chi connectivity index (χ4n) is 8.98. The third-order valence-corrected chi connectivity index (χ3v) is 13.5. The second-order valence-corrected chi connectivity index (χ2v) is 20.8. The topological polar surface area (TPSA) is 295 Å². The maximum Gasteiger partial charge on any atom is 0.306 e. The summed E-state index contributed by atoms with van der Waals surface area (Å²) >= 11 is 0. The zero-order valence-corrected chi connectivity index (χ0v) is 44.9. The van der Waals surface area contributed by atoms with Crippen molar-refractivity contribution in [2.24, 2.45) is 17.8 Å². The summed E-state index contributed by atoms with van der Waals surface area (Å²) in [5, 5.41) is 56.1. The molecular weight excluding hydrogens is 967 g/mol. The van der Waals surface area contributed by atoms with E-state index in [0.29, 0.717) is 5.56 Å². The molecule has 75 heavy (non-hydrogen) atoms. The van der Waals surface area contributed by atoms with Gasteiger partial charge in [-0.3, -0.25) is 48.8 Å². The molecule has 1 fully saturated rings. The van der Waals surface area contributed by atoms with E-state index in [-0.39, 0.29) is 48.3 Å². The lowest BCUT2D eigenvalue weighted by atomic mass is 9.97. The van der Waals surface area contributed by atoms with E-state index < -0.39 is 125 Å². The summed E-state index contributed by atoms with van der Waals surface area (Å²) in [7, 11) is 2.64. The quantitative estimate of drug-likeness (QED) is 0.0756. The van der Waals surface area contributed by atoms with Gasteiger partial charge in [-0.25, -0.2) is 0 Å². The van der Waals surface area contributed by atoms with Crippen molar-refractivity contribution >= 4 is 63.9 Å². The third kappa shape index (κ3) is 15.6. The predicted octanol–water partition coefficient (Wildman–Crippen LogP) is 3.29. The average molecular weight is 1040 g/mol. The maximum atomic E-state index is 15.3. The number of nitrogens with zero attached hydrogens (tertiary/aromatic N) is 4. The number of nitrogens with one attached hydrogen (secondary N) is 5. The number of allylic oxidation sites excluding steroid dienone is 2. The van der Waals surface area contributed by atoms with Gasteiger partial charge in [0.15, 0.2) is 0 Å². The molecular formula is C54H76N9O12-. The first-order chi connectivity index (χ1) is 35.1. The third-order valence-electron chi connectivity index (χ3n) is 13.5. The standard InChI is InChI=1S/C54H77N9O12/c1-13-15-19-37-46(65)59-40(28-35-29-62(54(9,10)14-2)41-20-17-16-18-36(35)41)52(71)61(12)43(24-31(5)6)49(68)58-39(26-34-21-22-45(64)42(27-34)63(74)75)47(66)55-33(8)51(70)60(11)44(25-32(7)53(72)73)50(69)57-38(23-30(3)4)48(67)56-37/h13-18,20-22,27,29-33,37-40,43-44,64,74-75H,2,19,23-26,28H2,1,3-12H3,(H,55,66)(H,56,67)(H,57,69)(H,58,68)(H,59,65)(H,72,73)/p-1. The summed E-state index contributed by atoms with van der Waals surface area (Å²) in [6.07, 6.45) is 6.10. The van der Waals surface area contributed by atoms with E-state index >= 15 is 4.79 Å².